The first-order valence-electron chi connectivity index (χ1n) is 19.5. The summed E-state index contributed by atoms with van der Waals surface area (Å²) >= 11 is 0. The molecule has 0 aromatic carbocycles. The fourth-order valence-corrected chi connectivity index (χ4v) is 10.7. The number of nitrogens with zero attached hydrogens (tertiary/aromatic N) is 1. The molecule has 0 saturated heterocycles. The lowest BCUT2D eigenvalue weighted by atomic mass is 9.46. The van der Waals surface area contributed by atoms with Crippen molar-refractivity contribution in [2.24, 2.45) is 34.5 Å². The van der Waals surface area contributed by atoms with Crippen molar-refractivity contribution in [2.75, 3.05) is 33.2 Å². The van der Waals surface area contributed by atoms with Crippen molar-refractivity contribution >= 4 is 17.7 Å². The van der Waals surface area contributed by atoms with Crippen LogP contribution in [0.25, 0.3) is 0 Å². The number of allylic oxidation sites excluding steroid dienone is 1. The second kappa shape index (κ2) is 18.0. The van der Waals surface area contributed by atoms with E-state index in [9.17, 15) is 14.4 Å². The smallest absolute Gasteiger partial charge is 0.306 e. The molecule has 0 bridgehead atoms. The van der Waals surface area contributed by atoms with Crippen molar-refractivity contribution in [3.63, 3.8) is 0 Å². The van der Waals surface area contributed by atoms with E-state index < -0.39 is 0 Å². The number of quaternary nitrogens is 1. The second-order valence-corrected chi connectivity index (χ2v) is 16.7. The van der Waals surface area contributed by atoms with E-state index in [4.69, 9.17) is 4.74 Å². The second-order valence-electron chi connectivity index (χ2n) is 16.7. The summed E-state index contributed by atoms with van der Waals surface area (Å²) in [6.07, 6.45) is 21.1. The number of hydrogen-bond donors (Lipinski definition) is 1. The van der Waals surface area contributed by atoms with E-state index >= 15 is 0 Å². The molecule has 270 valence electrons. The van der Waals surface area contributed by atoms with Crippen molar-refractivity contribution in [2.45, 2.75) is 156 Å². The third-order valence-electron chi connectivity index (χ3n) is 13.6. The molecule has 4 aliphatic carbocycles. The molecule has 1 N–H and O–H groups in total. The van der Waals surface area contributed by atoms with Crippen LogP contribution in [0.5, 0.6) is 0 Å². The Balaban J connectivity index is 0.00000600. The Morgan fingerprint density at radius 3 is 2.23 bits per heavy atom. The van der Waals surface area contributed by atoms with Crippen LogP contribution in [0.3, 0.4) is 0 Å². The maximum absolute atomic E-state index is 13.0. The van der Waals surface area contributed by atoms with Crippen molar-refractivity contribution in [1.82, 2.24) is 5.32 Å². The minimum atomic E-state index is -0.234. The van der Waals surface area contributed by atoms with Crippen molar-refractivity contribution in [3.8, 4) is 0 Å². The number of amides is 1. The molecule has 6 nitrogen and oxygen atoms in total. The average molecular weight is 677 g/mol. The van der Waals surface area contributed by atoms with Gasteiger partial charge in [0.2, 0.25) is 5.91 Å². The Labute approximate surface area is 294 Å². The molecular formula is C40H69ClN2O4. The molecule has 0 spiro atoms. The number of likely N-dealkylation sites (N-methyl/N-ethyl adjacent to an activating group) is 1. The first kappa shape index (κ1) is 40.0. The van der Waals surface area contributed by atoms with E-state index in [0.717, 1.165) is 30.3 Å². The number of hydrogen-bond acceptors (Lipinski definition) is 4. The van der Waals surface area contributed by atoms with Gasteiger partial charge in [-0.1, -0.05) is 59.0 Å². The number of halogens is 1. The lowest BCUT2D eigenvalue weighted by Crippen LogP contribution is -3.00. The Hall–Kier alpha value is -1.40. The quantitative estimate of drug-likeness (QED) is 0.117. The van der Waals surface area contributed by atoms with Crippen molar-refractivity contribution in [3.05, 3.63) is 11.6 Å². The van der Waals surface area contributed by atoms with Gasteiger partial charge in [-0.2, -0.15) is 0 Å². The number of ether oxygens (including phenoxy) is 1. The largest absolute Gasteiger partial charge is 1.00 e. The van der Waals surface area contributed by atoms with Crippen LogP contribution in [0.2, 0.25) is 0 Å². The zero-order valence-electron chi connectivity index (χ0n) is 31.0. The third-order valence-corrected chi connectivity index (χ3v) is 13.6. The SMILES string of the molecule is CCCCCC[N+](C)(CCCCCC)CCNC(=O)CCC(=O)OC(C)[C@H]1CCC2C3CCC4=CC(=O)CC[C@]4(C)C3CC[C@@]21C.[Cl-]. The van der Waals surface area contributed by atoms with Gasteiger partial charge in [0.25, 0.3) is 0 Å². The number of nitrogens with one attached hydrogen (secondary N) is 1. The normalized spacial score (nSPS) is 30.7. The molecular weight excluding hydrogens is 608 g/mol. The highest BCUT2D eigenvalue weighted by atomic mass is 35.5. The average Bonchev–Trinajstić information content (AvgIpc) is 3.38. The molecule has 0 aromatic rings. The minimum Gasteiger partial charge on any atom is -1.00 e. The lowest BCUT2D eigenvalue weighted by molar-refractivity contribution is -0.908. The summed E-state index contributed by atoms with van der Waals surface area (Å²) in [5, 5.41) is 3.12. The van der Waals surface area contributed by atoms with E-state index in [1.165, 1.54) is 95.7 Å². The van der Waals surface area contributed by atoms with Gasteiger partial charge < -0.3 is 26.9 Å². The predicted molar refractivity (Wildman–Crippen MR) is 187 cm³/mol. The molecule has 0 radical (unpaired) electrons. The van der Waals surface area contributed by atoms with Crippen LogP contribution in [0, 0.1) is 34.5 Å². The molecule has 0 heterocycles. The van der Waals surface area contributed by atoms with Gasteiger partial charge in [-0.15, -0.1) is 0 Å². The predicted octanol–water partition coefficient (Wildman–Crippen LogP) is 5.57. The van der Waals surface area contributed by atoms with Crippen molar-refractivity contribution in [1.29, 1.82) is 0 Å². The van der Waals surface area contributed by atoms with Crippen LogP contribution < -0.4 is 17.7 Å². The van der Waals surface area contributed by atoms with Gasteiger partial charge in [-0.05, 0) is 112 Å². The van der Waals surface area contributed by atoms with E-state index in [1.807, 2.05) is 6.08 Å². The number of esters is 1. The number of ketones is 1. The fourth-order valence-electron chi connectivity index (χ4n) is 10.7. The number of carbonyl (C=O) groups is 3. The Kier molecular flexibility index (Phi) is 15.3. The third kappa shape index (κ3) is 9.86. The molecule has 4 rings (SSSR count). The van der Waals surface area contributed by atoms with Gasteiger partial charge in [0.1, 0.15) is 6.10 Å². The molecule has 0 aromatic heterocycles. The van der Waals surface area contributed by atoms with Crippen LogP contribution in [0.15, 0.2) is 11.6 Å². The zero-order chi connectivity index (χ0) is 33.4. The molecule has 7 atom stereocenters. The van der Waals surface area contributed by atoms with E-state index in [-0.39, 0.29) is 54.1 Å². The summed E-state index contributed by atoms with van der Waals surface area (Å²) in [5.41, 5.74) is 1.81. The summed E-state index contributed by atoms with van der Waals surface area (Å²) in [6.45, 7) is 15.5. The van der Waals surface area contributed by atoms with Gasteiger partial charge in [-0.25, -0.2) is 0 Å². The first-order valence-corrected chi connectivity index (χ1v) is 19.5. The summed E-state index contributed by atoms with van der Waals surface area (Å²) in [5.74, 6) is 2.47. The fraction of sp³-hybridized carbons (Fsp3) is 0.875. The summed E-state index contributed by atoms with van der Waals surface area (Å²) in [6, 6.07) is 0. The van der Waals surface area contributed by atoms with Crippen LogP contribution >= 0.6 is 0 Å². The van der Waals surface area contributed by atoms with Gasteiger partial charge in [-0.3, -0.25) is 14.4 Å². The monoisotopic (exact) mass is 676 g/mol. The van der Waals surface area contributed by atoms with E-state index in [0.29, 0.717) is 42.4 Å². The molecule has 4 unspecified atom stereocenters. The van der Waals surface area contributed by atoms with Gasteiger partial charge in [0.05, 0.1) is 39.6 Å². The number of fused-ring (bicyclic) bond motifs is 5. The summed E-state index contributed by atoms with van der Waals surface area (Å²) in [7, 11) is 2.35. The first-order chi connectivity index (χ1) is 22.0. The molecule has 47 heavy (non-hydrogen) atoms. The molecule has 3 saturated carbocycles. The standard InChI is InChI=1S/C40H68N2O4.ClH/c1-7-9-11-13-26-42(6,27-14-12-10-8-2)28-25-41-37(44)19-20-38(45)46-30(3)34-17-18-35-33-16-15-31-29-32(43)21-23-39(31,4)36(33)22-24-40(34,35)5;/h29-30,33-36H,7-28H2,1-6H3;1H/t30?,33?,34-,35?,36?,39+,40-;/m1./s1. The van der Waals surface area contributed by atoms with Crippen LogP contribution in [0.4, 0.5) is 0 Å². The topological polar surface area (TPSA) is 72.5 Å². The Morgan fingerprint density at radius 2 is 1.57 bits per heavy atom. The van der Waals surface area contributed by atoms with E-state index in [2.05, 4.69) is 47.0 Å². The van der Waals surface area contributed by atoms with Crippen LogP contribution in [-0.4, -0.2) is 61.5 Å². The van der Waals surface area contributed by atoms with Gasteiger partial charge >= 0.3 is 5.97 Å². The highest BCUT2D eigenvalue weighted by Gasteiger charge is 2.60. The van der Waals surface area contributed by atoms with Gasteiger partial charge in [0, 0.05) is 18.8 Å². The highest BCUT2D eigenvalue weighted by molar-refractivity contribution is 5.91. The highest BCUT2D eigenvalue weighted by Crippen LogP contribution is 2.67. The molecule has 7 heteroatoms. The Morgan fingerprint density at radius 1 is 0.894 bits per heavy atom. The lowest BCUT2D eigenvalue weighted by Gasteiger charge is -2.58. The molecule has 1 amide bonds. The maximum Gasteiger partial charge on any atom is 0.306 e. The summed E-state index contributed by atoms with van der Waals surface area (Å²) in [4.78, 5) is 37.9. The number of rotatable bonds is 18. The number of carbonyl (C=O) groups excluding carboxylic acids is 3. The molecule has 3 fully saturated rings. The van der Waals surface area contributed by atoms with Gasteiger partial charge in [0.15, 0.2) is 5.78 Å². The minimum absolute atomic E-state index is 0. The van der Waals surface area contributed by atoms with Crippen LogP contribution in [0.1, 0.15) is 150 Å². The molecule has 0 aliphatic heterocycles. The summed E-state index contributed by atoms with van der Waals surface area (Å²) < 4.78 is 7.09. The molecule has 4 aliphatic rings. The Bertz CT molecular complexity index is 1060. The van der Waals surface area contributed by atoms with Crippen molar-refractivity contribution < 1.29 is 36.0 Å². The zero-order valence-corrected chi connectivity index (χ0v) is 31.7. The van der Waals surface area contributed by atoms with E-state index in [1.54, 1.807) is 0 Å². The number of unbranched alkanes of at least 4 members (excludes halogenated alkanes) is 6. The maximum atomic E-state index is 13.0. The van der Waals surface area contributed by atoms with Crippen LogP contribution in [-0.2, 0) is 19.1 Å².